The van der Waals surface area contributed by atoms with Crippen LogP contribution >= 0.6 is 0 Å². The third-order valence-electron chi connectivity index (χ3n) is 6.05. The Balaban J connectivity index is 1.35. The minimum atomic E-state index is -0.0511. The van der Waals surface area contributed by atoms with E-state index in [9.17, 15) is 30.0 Å². The number of nitrogens with one attached hydrogen (secondary N) is 3. The fraction of sp³-hybridized carbons (Fsp3) is 0.500. The summed E-state index contributed by atoms with van der Waals surface area (Å²) >= 11 is 0. The number of hydrogen-bond acceptors (Lipinski definition) is 8. The van der Waals surface area contributed by atoms with E-state index in [1.165, 1.54) is 24.3 Å². The van der Waals surface area contributed by atoms with Gasteiger partial charge in [0.25, 0.3) is 0 Å². The van der Waals surface area contributed by atoms with E-state index in [1.54, 1.807) is 12.1 Å². The topological polar surface area (TPSA) is 151 Å². The number of amides is 1. The number of ketones is 1. The smallest absolute Gasteiger partial charge is 0.220 e. The van der Waals surface area contributed by atoms with E-state index >= 15 is 0 Å². The number of rotatable bonds is 19. The highest BCUT2D eigenvalue weighted by atomic mass is 16.3. The van der Waals surface area contributed by atoms with Crippen LogP contribution in [0.25, 0.3) is 0 Å². The molecule has 0 unspecified atom stereocenters. The van der Waals surface area contributed by atoms with Gasteiger partial charge in [0.05, 0.1) is 0 Å². The Labute approximate surface area is 218 Å². The number of hydrogen-bond donors (Lipinski definition) is 7. The summed E-state index contributed by atoms with van der Waals surface area (Å²) < 4.78 is 0. The number of unbranched alkanes of at least 4 members (excludes halogenated alkanes) is 1. The molecule has 0 aromatic heterocycles. The van der Waals surface area contributed by atoms with Crippen molar-refractivity contribution in [1.29, 1.82) is 0 Å². The molecule has 0 aliphatic carbocycles. The third-order valence-corrected chi connectivity index (χ3v) is 6.05. The van der Waals surface area contributed by atoms with Crippen molar-refractivity contribution in [1.82, 2.24) is 16.0 Å². The molecular formula is C28H41N3O6. The van der Waals surface area contributed by atoms with E-state index in [1.807, 2.05) is 0 Å². The predicted octanol–water partition coefficient (Wildman–Crippen LogP) is 2.89. The molecule has 2 aromatic carbocycles. The predicted molar refractivity (Wildman–Crippen MR) is 143 cm³/mol. The van der Waals surface area contributed by atoms with Gasteiger partial charge in [0.1, 0.15) is 28.8 Å². The van der Waals surface area contributed by atoms with E-state index in [0.29, 0.717) is 49.8 Å². The Morgan fingerprint density at radius 2 is 1.11 bits per heavy atom. The molecule has 0 radical (unpaired) electrons. The van der Waals surface area contributed by atoms with Gasteiger partial charge in [-0.3, -0.25) is 9.59 Å². The minimum Gasteiger partial charge on any atom is -0.508 e. The fourth-order valence-electron chi connectivity index (χ4n) is 3.86. The van der Waals surface area contributed by atoms with E-state index in [4.69, 9.17) is 0 Å². The summed E-state index contributed by atoms with van der Waals surface area (Å²) in [7, 11) is 0. The van der Waals surface area contributed by atoms with Crippen molar-refractivity contribution >= 4 is 11.7 Å². The molecule has 9 heteroatoms. The summed E-state index contributed by atoms with van der Waals surface area (Å²) in [5.74, 6) is 0.161. The molecule has 7 N–H and O–H groups in total. The van der Waals surface area contributed by atoms with Crippen molar-refractivity contribution in [3.8, 4) is 23.0 Å². The van der Waals surface area contributed by atoms with Gasteiger partial charge in [-0.05, 0) is 88.0 Å². The molecule has 0 saturated carbocycles. The second kappa shape index (κ2) is 17.2. The summed E-state index contributed by atoms with van der Waals surface area (Å²) in [4.78, 5) is 23.9. The van der Waals surface area contributed by atoms with Crippen LogP contribution in [0.15, 0.2) is 36.4 Å². The molecule has 0 aliphatic heterocycles. The van der Waals surface area contributed by atoms with Gasteiger partial charge in [0, 0.05) is 37.9 Å². The van der Waals surface area contributed by atoms with Crippen molar-refractivity contribution in [2.45, 2.75) is 57.8 Å². The largest absolute Gasteiger partial charge is 0.508 e. The molecule has 2 rings (SSSR count). The first-order valence-electron chi connectivity index (χ1n) is 13.1. The lowest BCUT2D eigenvalue weighted by Crippen LogP contribution is -2.26. The van der Waals surface area contributed by atoms with Crippen molar-refractivity contribution < 1.29 is 30.0 Å². The van der Waals surface area contributed by atoms with Crippen molar-refractivity contribution in [2.75, 3.05) is 32.7 Å². The molecule has 1 amide bonds. The molecule has 0 bridgehead atoms. The summed E-state index contributed by atoms with van der Waals surface area (Å²) in [6.07, 6.45) is 5.74. The average molecular weight is 516 g/mol. The quantitative estimate of drug-likeness (QED) is 0.141. The number of phenolic OH excluding ortho intramolecular Hbond substituents is 4. The van der Waals surface area contributed by atoms with E-state index in [2.05, 4.69) is 16.0 Å². The van der Waals surface area contributed by atoms with Gasteiger partial charge in [-0.25, -0.2) is 0 Å². The molecule has 9 nitrogen and oxygen atoms in total. The molecule has 0 spiro atoms. The third kappa shape index (κ3) is 13.0. The lowest BCUT2D eigenvalue weighted by molar-refractivity contribution is -0.121. The van der Waals surface area contributed by atoms with Crippen LogP contribution in [0.2, 0.25) is 0 Å². The van der Waals surface area contributed by atoms with Crippen LogP contribution in [-0.4, -0.2) is 64.8 Å². The van der Waals surface area contributed by atoms with Gasteiger partial charge in [-0.15, -0.1) is 0 Å². The Bertz CT molecular complexity index is 905. The van der Waals surface area contributed by atoms with Gasteiger partial charge in [0.2, 0.25) is 5.91 Å². The number of benzene rings is 2. The van der Waals surface area contributed by atoms with Crippen LogP contribution < -0.4 is 16.0 Å². The molecule has 0 aliphatic rings. The number of aryl methyl sites for hydroxylation is 2. The summed E-state index contributed by atoms with van der Waals surface area (Å²) in [6.45, 7) is 4.10. The molecule has 0 saturated heterocycles. The first kappa shape index (κ1) is 29.9. The molecule has 0 fully saturated rings. The Hall–Kier alpha value is -3.30. The maximum atomic E-state index is 12.0. The van der Waals surface area contributed by atoms with E-state index < -0.39 is 0 Å². The Morgan fingerprint density at radius 3 is 1.70 bits per heavy atom. The number of phenols is 4. The Morgan fingerprint density at radius 1 is 0.595 bits per heavy atom. The van der Waals surface area contributed by atoms with Gasteiger partial charge in [-0.2, -0.15) is 0 Å². The van der Waals surface area contributed by atoms with Gasteiger partial charge in [-0.1, -0.05) is 12.1 Å². The van der Waals surface area contributed by atoms with Crippen LogP contribution in [0.5, 0.6) is 23.0 Å². The van der Waals surface area contributed by atoms with Crippen LogP contribution in [0.4, 0.5) is 0 Å². The van der Waals surface area contributed by atoms with E-state index in [-0.39, 0.29) is 34.7 Å². The van der Waals surface area contributed by atoms with Crippen molar-refractivity contribution in [3.05, 3.63) is 47.5 Å². The van der Waals surface area contributed by atoms with E-state index in [0.717, 1.165) is 51.9 Å². The summed E-state index contributed by atoms with van der Waals surface area (Å²) in [5.41, 5.74) is 1.31. The highest BCUT2D eigenvalue weighted by molar-refractivity contribution is 5.78. The SMILES string of the molecule is O=C(CCCNCCCNCCCCNC(=O)CCc1ccc(O)cc1O)CCc1ccc(O)cc1O. The van der Waals surface area contributed by atoms with Crippen molar-refractivity contribution in [3.63, 3.8) is 0 Å². The molecule has 204 valence electrons. The molecule has 2 aromatic rings. The zero-order chi connectivity index (χ0) is 26.9. The second-order valence-electron chi connectivity index (χ2n) is 9.18. The number of carbonyl (C=O) groups excluding carboxylic acids is 2. The highest BCUT2D eigenvalue weighted by Crippen LogP contribution is 2.24. The first-order chi connectivity index (χ1) is 17.8. The summed E-state index contributed by atoms with van der Waals surface area (Å²) in [5, 5.41) is 47.7. The normalized spacial score (nSPS) is 10.9. The van der Waals surface area contributed by atoms with Gasteiger partial charge >= 0.3 is 0 Å². The first-order valence-corrected chi connectivity index (χ1v) is 13.1. The number of aromatic hydroxyl groups is 4. The number of Topliss-reactive ketones (excluding diaryl/α,β-unsaturated/α-hetero) is 1. The number of carbonyl (C=O) groups is 2. The van der Waals surface area contributed by atoms with Crippen LogP contribution in [0.1, 0.15) is 56.1 Å². The van der Waals surface area contributed by atoms with Crippen LogP contribution in [0, 0.1) is 0 Å². The van der Waals surface area contributed by atoms with Crippen molar-refractivity contribution in [2.24, 2.45) is 0 Å². The molecular weight excluding hydrogens is 474 g/mol. The highest BCUT2D eigenvalue weighted by Gasteiger charge is 2.08. The minimum absolute atomic E-state index is 0.00200. The maximum Gasteiger partial charge on any atom is 0.220 e. The fourth-order valence-corrected chi connectivity index (χ4v) is 3.86. The zero-order valence-electron chi connectivity index (χ0n) is 21.5. The molecule has 0 heterocycles. The summed E-state index contributed by atoms with van der Waals surface area (Å²) in [6, 6.07) is 8.83. The maximum absolute atomic E-state index is 12.0. The zero-order valence-corrected chi connectivity index (χ0v) is 21.5. The Kier molecular flexibility index (Phi) is 13.9. The van der Waals surface area contributed by atoms with Gasteiger partial charge in [0.15, 0.2) is 0 Å². The monoisotopic (exact) mass is 515 g/mol. The average Bonchev–Trinajstić information content (AvgIpc) is 2.85. The molecule has 0 atom stereocenters. The molecule has 37 heavy (non-hydrogen) atoms. The van der Waals surface area contributed by atoms with Crippen LogP contribution in [-0.2, 0) is 22.4 Å². The second-order valence-corrected chi connectivity index (χ2v) is 9.18. The lowest BCUT2D eigenvalue weighted by atomic mass is 10.0. The lowest BCUT2D eigenvalue weighted by Gasteiger charge is -2.08. The van der Waals surface area contributed by atoms with Crippen LogP contribution in [0.3, 0.4) is 0 Å². The standard InChI is InChI=1S/C28H41N3O6/c32-23(10-6-21-7-11-24(33)19-26(21)35)5-3-15-30-17-4-16-29-14-1-2-18-31-28(37)13-9-22-8-12-25(34)20-27(22)36/h7-8,11-12,19-20,29-30,33-36H,1-6,9-10,13-18H2,(H,31,37). The van der Waals surface area contributed by atoms with Gasteiger partial charge < -0.3 is 36.4 Å².